The van der Waals surface area contributed by atoms with Gasteiger partial charge in [0.1, 0.15) is 5.82 Å². The van der Waals surface area contributed by atoms with Gasteiger partial charge in [0.25, 0.3) is 0 Å². The number of carbonyl (C=O) groups excluding carboxylic acids is 2. The molecule has 2 saturated heterocycles. The molecule has 3 aliphatic heterocycles. The average Bonchev–Trinajstić information content (AvgIpc) is 3.49. The molecule has 1 aromatic carbocycles. The lowest BCUT2D eigenvalue weighted by Gasteiger charge is -2.43. The number of hydrogen-bond acceptors (Lipinski definition) is 8. The Morgan fingerprint density at radius 2 is 1.95 bits per heavy atom. The van der Waals surface area contributed by atoms with E-state index in [-0.39, 0.29) is 35.7 Å². The van der Waals surface area contributed by atoms with Crippen molar-refractivity contribution in [3.63, 3.8) is 0 Å². The zero-order valence-corrected chi connectivity index (χ0v) is 26.3. The molecule has 3 aliphatic rings. The van der Waals surface area contributed by atoms with Gasteiger partial charge >= 0.3 is 0 Å². The minimum atomic E-state index is -0.418. The molecule has 0 saturated carbocycles. The second-order valence-corrected chi connectivity index (χ2v) is 13.2. The zero-order chi connectivity index (χ0) is 31.2. The van der Waals surface area contributed by atoms with Gasteiger partial charge in [0.15, 0.2) is 5.65 Å². The van der Waals surface area contributed by atoms with Gasteiger partial charge in [-0.2, -0.15) is 4.98 Å². The van der Waals surface area contributed by atoms with Crippen molar-refractivity contribution >= 4 is 29.1 Å². The SMILES string of the molecule is CC(=O)Nc1nc2c(Cc3ccc(F)cc3)cc3c(n2n1)C(C)(C)CN3C(=O)CN1C[C@@H](C)NC[C@@H]1CN1CCOC[C@H]1C. The molecule has 2 amide bonds. The third-order valence-corrected chi connectivity index (χ3v) is 9.06. The first-order valence-corrected chi connectivity index (χ1v) is 15.5. The number of pyridine rings is 1. The molecule has 236 valence electrons. The summed E-state index contributed by atoms with van der Waals surface area (Å²) < 4.78 is 21.1. The fourth-order valence-electron chi connectivity index (χ4n) is 6.83. The number of halogens is 1. The van der Waals surface area contributed by atoms with Gasteiger partial charge in [-0.1, -0.05) is 26.0 Å². The number of piperazine rings is 1. The van der Waals surface area contributed by atoms with Crippen molar-refractivity contribution in [3.05, 3.63) is 53.0 Å². The van der Waals surface area contributed by atoms with Gasteiger partial charge in [0, 0.05) is 75.2 Å². The summed E-state index contributed by atoms with van der Waals surface area (Å²) >= 11 is 0. The normalized spacial score (nSPS) is 24.0. The maximum Gasteiger partial charge on any atom is 0.249 e. The number of hydrogen-bond donors (Lipinski definition) is 2. The number of morpholine rings is 1. The summed E-state index contributed by atoms with van der Waals surface area (Å²) in [6.07, 6.45) is 0.465. The molecule has 0 bridgehead atoms. The van der Waals surface area contributed by atoms with Crippen LogP contribution in [0.5, 0.6) is 0 Å². The summed E-state index contributed by atoms with van der Waals surface area (Å²) in [6.45, 7) is 15.7. The molecule has 3 atom stereocenters. The van der Waals surface area contributed by atoms with Crippen molar-refractivity contribution in [2.75, 3.05) is 62.7 Å². The van der Waals surface area contributed by atoms with E-state index in [1.165, 1.54) is 19.1 Å². The number of nitrogens with one attached hydrogen (secondary N) is 2. The second kappa shape index (κ2) is 12.2. The van der Waals surface area contributed by atoms with Crippen LogP contribution in [-0.2, 0) is 26.2 Å². The Labute approximate surface area is 257 Å². The third kappa shape index (κ3) is 6.21. The molecule has 0 unspecified atom stereocenters. The van der Waals surface area contributed by atoms with E-state index in [4.69, 9.17) is 4.74 Å². The lowest BCUT2D eigenvalue weighted by atomic mass is 9.90. The summed E-state index contributed by atoms with van der Waals surface area (Å²) in [6, 6.07) is 9.24. The highest BCUT2D eigenvalue weighted by molar-refractivity contribution is 5.98. The molecule has 11 nitrogen and oxygen atoms in total. The molecule has 2 fully saturated rings. The molecular weight excluding hydrogens is 563 g/mol. The van der Waals surface area contributed by atoms with Gasteiger partial charge in [0.05, 0.1) is 31.1 Å². The predicted octanol–water partition coefficient (Wildman–Crippen LogP) is 2.42. The molecule has 0 radical (unpaired) electrons. The molecule has 2 aromatic heterocycles. The molecule has 44 heavy (non-hydrogen) atoms. The van der Waals surface area contributed by atoms with E-state index in [0.29, 0.717) is 31.2 Å². The molecule has 5 heterocycles. The molecule has 2 N–H and O–H groups in total. The maximum atomic E-state index is 14.3. The molecule has 3 aromatic rings. The minimum absolute atomic E-state index is 0.0419. The number of carbonyl (C=O) groups is 2. The van der Waals surface area contributed by atoms with Gasteiger partial charge in [-0.05, 0) is 37.6 Å². The number of aromatic nitrogens is 3. The lowest BCUT2D eigenvalue weighted by Crippen LogP contribution is -2.62. The van der Waals surface area contributed by atoms with E-state index in [0.717, 1.165) is 61.9 Å². The van der Waals surface area contributed by atoms with E-state index in [1.807, 2.05) is 11.0 Å². The van der Waals surface area contributed by atoms with Crippen LogP contribution in [0.15, 0.2) is 30.3 Å². The van der Waals surface area contributed by atoms with Crippen LogP contribution in [0.4, 0.5) is 16.0 Å². The Kier molecular flexibility index (Phi) is 8.44. The van der Waals surface area contributed by atoms with Crippen LogP contribution < -0.4 is 15.5 Å². The number of anilines is 2. The highest BCUT2D eigenvalue weighted by Crippen LogP contribution is 2.42. The van der Waals surface area contributed by atoms with Gasteiger partial charge in [0.2, 0.25) is 17.8 Å². The Bertz CT molecular complexity index is 1540. The van der Waals surface area contributed by atoms with Crippen LogP contribution in [0.3, 0.4) is 0 Å². The first kappa shape index (κ1) is 30.6. The maximum absolute atomic E-state index is 14.3. The Morgan fingerprint density at radius 1 is 1.18 bits per heavy atom. The van der Waals surface area contributed by atoms with Crippen molar-refractivity contribution in [1.29, 1.82) is 0 Å². The van der Waals surface area contributed by atoms with Crippen LogP contribution in [0.25, 0.3) is 5.65 Å². The van der Waals surface area contributed by atoms with Crippen molar-refractivity contribution < 1.29 is 18.7 Å². The fourth-order valence-corrected chi connectivity index (χ4v) is 6.83. The zero-order valence-electron chi connectivity index (χ0n) is 26.3. The predicted molar refractivity (Wildman–Crippen MR) is 167 cm³/mol. The topological polar surface area (TPSA) is 107 Å². The Hall–Kier alpha value is -3.45. The van der Waals surface area contributed by atoms with Gasteiger partial charge in [-0.3, -0.25) is 24.7 Å². The van der Waals surface area contributed by atoms with Crippen LogP contribution in [0.2, 0.25) is 0 Å². The summed E-state index contributed by atoms with van der Waals surface area (Å²) in [5.74, 6) is -0.313. The van der Waals surface area contributed by atoms with Gasteiger partial charge in [-0.25, -0.2) is 8.91 Å². The van der Waals surface area contributed by atoms with E-state index < -0.39 is 5.41 Å². The second-order valence-electron chi connectivity index (χ2n) is 13.2. The van der Waals surface area contributed by atoms with Crippen molar-refractivity contribution in [3.8, 4) is 0 Å². The average molecular weight is 607 g/mol. The lowest BCUT2D eigenvalue weighted by molar-refractivity contribution is -0.121. The Morgan fingerprint density at radius 3 is 2.68 bits per heavy atom. The van der Waals surface area contributed by atoms with E-state index in [9.17, 15) is 14.0 Å². The molecular formula is C32H43FN8O3. The van der Waals surface area contributed by atoms with Crippen LogP contribution in [0, 0.1) is 5.82 Å². The molecule has 0 aliphatic carbocycles. The smallest absolute Gasteiger partial charge is 0.249 e. The summed E-state index contributed by atoms with van der Waals surface area (Å²) in [5, 5.41) is 11.0. The standard InChI is InChI=1S/C32H43FN8O3/c1-20-15-39(26(14-34-20)16-38-10-11-44-18-21(38)2)17-28(43)40-19-32(4,5)29-27(40)13-24(12-23-6-8-25(33)9-7-23)30-36-31(35-22(3)42)37-41(29)30/h6-9,13,20-21,26,34H,10-12,14-19H2,1-5H3,(H,35,37,42)/t20-,21-,26-/m1/s1. The number of nitrogens with zero attached hydrogens (tertiary/aromatic N) is 6. The van der Waals surface area contributed by atoms with Crippen molar-refractivity contribution in [2.24, 2.45) is 0 Å². The van der Waals surface area contributed by atoms with Crippen LogP contribution >= 0.6 is 0 Å². The number of ether oxygens (including phenoxy) is 1. The quantitative estimate of drug-likeness (QED) is 0.423. The molecule has 6 rings (SSSR count). The summed E-state index contributed by atoms with van der Waals surface area (Å²) in [5.41, 5.74) is 3.60. The largest absolute Gasteiger partial charge is 0.379 e. The number of fused-ring (bicyclic) bond motifs is 3. The van der Waals surface area contributed by atoms with Crippen LogP contribution in [0.1, 0.15) is 51.4 Å². The van der Waals surface area contributed by atoms with E-state index >= 15 is 0 Å². The summed E-state index contributed by atoms with van der Waals surface area (Å²) in [7, 11) is 0. The highest BCUT2D eigenvalue weighted by Gasteiger charge is 2.43. The molecule has 0 spiro atoms. The van der Waals surface area contributed by atoms with Crippen molar-refractivity contribution in [2.45, 2.75) is 64.6 Å². The first-order chi connectivity index (χ1) is 21.0. The fraction of sp³-hybridized carbons (Fsp3) is 0.562. The van der Waals surface area contributed by atoms with Crippen molar-refractivity contribution in [1.82, 2.24) is 29.7 Å². The third-order valence-electron chi connectivity index (χ3n) is 9.06. The monoisotopic (exact) mass is 606 g/mol. The summed E-state index contributed by atoms with van der Waals surface area (Å²) in [4.78, 5) is 37.5. The van der Waals surface area contributed by atoms with Gasteiger partial charge in [-0.15, -0.1) is 5.10 Å². The first-order valence-electron chi connectivity index (χ1n) is 15.5. The molecule has 12 heteroatoms. The number of rotatable bonds is 7. The number of amides is 2. The van der Waals surface area contributed by atoms with Gasteiger partial charge < -0.3 is 15.0 Å². The Balaban J connectivity index is 1.33. The van der Waals surface area contributed by atoms with Crippen LogP contribution in [-0.4, -0.2) is 107 Å². The highest BCUT2D eigenvalue weighted by atomic mass is 19.1. The number of benzene rings is 1. The minimum Gasteiger partial charge on any atom is -0.379 e. The van der Waals surface area contributed by atoms with E-state index in [2.05, 4.69) is 58.2 Å². The van der Waals surface area contributed by atoms with E-state index in [1.54, 1.807) is 16.6 Å².